The molecule has 0 N–H and O–H groups in total. The molecule has 0 saturated heterocycles. The fourth-order valence-corrected chi connectivity index (χ4v) is 3.65. The summed E-state index contributed by atoms with van der Waals surface area (Å²) in [5, 5.41) is 0.549. The number of esters is 1. The third-order valence-electron chi connectivity index (χ3n) is 5.13. The molecule has 4 heteroatoms. The van der Waals surface area contributed by atoms with Crippen molar-refractivity contribution < 1.29 is 13.9 Å². The monoisotopic (exact) mass is 360 g/mol. The summed E-state index contributed by atoms with van der Waals surface area (Å²) in [5.74, 6) is 0.319. The van der Waals surface area contributed by atoms with Crippen LogP contribution in [0.25, 0.3) is 0 Å². The molecule has 0 aromatic heterocycles. The van der Waals surface area contributed by atoms with Gasteiger partial charge in [-0.05, 0) is 79.5 Å². The maximum Gasteiger partial charge on any atom is 0.346 e. The molecule has 0 heterocycles. The summed E-state index contributed by atoms with van der Waals surface area (Å²) in [6, 6.07) is 11.3. The van der Waals surface area contributed by atoms with Crippen LogP contribution in [0.4, 0.5) is 4.39 Å². The molecule has 0 radical (unpaired) electrons. The molecule has 1 aliphatic rings. The van der Waals surface area contributed by atoms with Crippen LogP contribution in [0.15, 0.2) is 42.5 Å². The van der Waals surface area contributed by atoms with Crippen LogP contribution in [0.1, 0.15) is 60.9 Å². The molecule has 132 valence electrons. The molecule has 0 spiro atoms. The van der Waals surface area contributed by atoms with E-state index in [-0.39, 0.29) is 5.56 Å². The van der Waals surface area contributed by atoms with E-state index in [1.165, 1.54) is 31.4 Å². The van der Waals surface area contributed by atoms with E-state index in [1.54, 1.807) is 24.3 Å². The van der Waals surface area contributed by atoms with E-state index in [9.17, 15) is 9.18 Å². The molecule has 0 bridgehead atoms. The number of rotatable bonds is 4. The van der Waals surface area contributed by atoms with E-state index >= 15 is 0 Å². The first-order chi connectivity index (χ1) is 12.1. The number of carbonyl (C=O) groups excluding carboxylic acids is 1. The number of hydrogen-bond acceptors (Lipinski definition) is 2. The Bertz CT molecular complexity index is 734. The number of ether oxygens (including phenoxy) is 1. The fourth-order valence-electron chi connectivity index (χ4n) is 3.52. The Hall–Kier alpha value is -1.87. The Kier molecular flexibility index (Phi) is 5.74. The summed E-state index contributed by atoms with van der Waals surface area (Å²) in [4.78, 5) is 12.2. The van der Waals surface area contributed by atoms with Crippen molar-refractivity contribution in [2.75, 3.05) is 0 Å². The van der Waals surface area contributed by atoms with E-state index < -0.39 is 11.8 Å². The van der Waals surface area contributed by atoms with E-state index in [0.29, 0.717) is 16.7 Å². The van der Waals surface area contributed by atoms with Crippen LogP contribution in [-0.4, -0.2) is 5.97 Å². The molecule has 3 rings (SSSR count). The smallest absolute Gasteiger partial charge is 0.346 e. The van der Waals surface area contributed by atoms with Gasteiger partial charge in [-0.2, -0.15) is 0 Å². The zero-order valence-electron chi connectivity index (χ0n) is 14.3. The van der Waals surface area contributed by atoms with Crippen LogP contribution in [0.5, 0.6) is 5.75 Å². The predicted octanol–water partition coefficient (Wildman–Crippen LogP) is 6.38. The van der Waals surface area contributed by atoms with Gasteiger partial charge in [-0.25, -0.2) is 9.18 Å². The number of hydrogen-bond donors (Lipinski definition) is 0. The molecule has 2 nitrogen and oxygen atoms in total. The third-order valence-corrected chi connectivity index (χ3v) is 5.38. The van der Waals surface area contributed by atoms with Crippen molar-refractivity contribution in [2.45, 2.75) is 44.9 Å². The Balaban J connectivity index is 1.69. The second kappa shape index (κ2) is 8.01. The maximum atomic E-state index is 14.4. The van der Waals surface area contributed by atoms with E-state index in [4.69, 9.17) is 16.3 Å². The summed E-state index contributed by atoms with van der Waals surface area (Å²) in [7, 11) is 0. The number of benzene rings is 2. The normalized spacial score (nSPS) is 20.3. The Morgan fingerprint density at radius 1 is 1.12 bits per heavy atom. The number of halogens is 2. The molecule has 2 aromatic carbocycles. The summed E-state index contributed by atoms with van der Waals surface area (Å²) in [6.45, 7) is 2.23. The van der Waals surface area contributed by atoms with Crippen LogP contribution < -0.4 is 4.74 Å². The van der Waals surface area contributed by atoms with Crippen LogP contribution in [-0.2, 0) is 0 Å². The van der Waals surface area contributed by atoms with Crippen molar-refractivity contribution in [3.05, 3.63) is 64.4 Å². The fraction of sp³-hybridized carbons (Fsp3) is 0.381. The highest BCUT2D eigenvalue weighted by Gasteiger charge is 2.23. The average molecular weight is 361 g/mol. The van der Waals surface area contributed by atoms with Crippen molar-refractivity contribution in [1.82, 2.24) is 0 Å². The Morgan fingerprint density at radius 2 is 1.80 bits per heavy atom. The van der Waals surface area contributed by atoms with Gasteiger partial charge < -0.3 is 4.74 Å². The number of carbonyl (C=O) groups is 1. The summed E-state index contributed by atoms with van der Waals surface area (Å²) in [5.41, 5.74) is 0.941. The Labute approximate surface area is 153 Å². The highest BCUT2D eigenvalue weighted by atomic mass is 35.5. The van der Waals surface area contributed by atoms with Crippen LogP contribution in [0.3, 0.4) is 0 Å². The molecule has 2 aromatic rings. The molecule has 0 aliphatic heterocycles. The lowest BCUT2D eigenvalue weighted by molar-refractivity contribution is 0.0730. The molecular formula is C21H22ClFO2. The van der Waals surface area contributed by atoms with Gasteiger partial charge in [0.15, 0.2) is 0 Å². The molecule has 0 unspecified atom stereocenters. The minimum atomic E-state index is -0.693. The van der Waals surface area contributed by atoms with Crippen molar-refractivity contribution in [2.24, 2.45) is 5.92 Å². The van der Waals surface area contributed by atoms with Crippen molar-refractivity contribution >= 4 is 17.6 Å². The first-order valence-electron chi connectivity index (χ1n) is 8.84. The lowest BCUT2D eigenvalue weighted by atomic mass is 9.78. The molecule has 1 aliphatic carbocycles. The molecule has 25 heavy (non-hydrogen) atoms. The second-order valence-corrected chi connectivity index (χ2v) is 7.15. The molecule has 1 fully saturated rings. The second-order valence-electron chi connectivity index (χ2n) is 6.71. The highest BCUT2D eigenvalue weighted by molar-refractivity contribution is 6.30. The zero-order valence-corrected chi connectivity index (χ0v) is 15.1. The highest BCUT2D eigenvalue weighted by Crippen LogP contribution is 2.37. The largest absolute Gasteiger partial charge is 0.423 e. The van der Waals surface area contributed by atoms with Gasteiger partial charge in [-0.3, -0.25) is 0 Å². The lowest BCUT2D eigenvalue weighted by Gasteiger charge is -2.28. The average Bonchev–Trinajstić information content (AvgIpc) is 2.63. The van der Waals surface area contributed by atoms with Gasteiger partial charge >= 0.3 is 5.97 Å². The van der Waals surface area contributed by atoms with Crippen LogP contribution in [0.2, 0.25) is 5.02 Å². The maximum absolute atomic E-state index is 14.4. The van der Waals surface area contributed by atoms with Gasteiger partial charge in [0.25, 0.3) is 0 Å². The van der Waals surface area contributed by atoms with Crippen LogP contribution in [0, 0.1) is 11.7 Å². The molecule has 0 atom stereocenters. The van der Waals surface area contributed by atoms with Gasteiger partial charge in [0.1, 0.15) is 11.6 Å². The van der Waals surface area contributed by atoms with Gasteiger partial charge in [-0.15, -0.1) is 0 Å². The van der Waals surface area contributed by atoms with Gasteiger partial charge in [0.05, 0.1) is 5.56 Å². The SMILES string of the molecule is CCC1CCC(c2ccc(C(=O)Oc3ccc(Cl)cc3)c(F)c2)CC1. The quantitative estimate of drug-likeness (QED) is 0.467. The van der Waals surface area contributed by atoms with E-state index in [0.717, 1.165) is 24.3 Å². The third kappa shape index (κ3) is 4.40. The van der Waals surface area contributed by atoms with E-state index in [1.807, 2.05) is 6.07 Å². The topological polar surface area (TPSA) is 26.3 Å². The minimum Gasteiger partial charge on any atom is -0.423 e. The van der Waals surface area contributed by atoms with Gasteiger partial charge in [0.2, 0.25) is 0 Å². The molecule has 1 saturated carbocycles. The van der Waals surface area contributed by atoms with Gasteiger partial charge in [-0.1, -0.05) is 31.0 Å². The lowest BCUT2D eigenvalue weighted by Crippen LogP contribution is -2.14. The first-order valence-corrected chi connectivity index (χ1v) is 9.21. The van der Waals surface area contributed by atoms with Crippen LogP contribution >= 0.6 is 11.6 Å². The predicted molar refractivity (Wildman–Crippen MR) is 97.8 cm³/mol. The molecule has 0 amide bonds. The minimum absolute atomic E-state index is 0.0408. The van der Waals surface area contributed by atoms with Gasteiger partial charge in [0, 0.05) is 5.02 Å². The summed E-state index contributed by atoms with van der Waals surface area (Å²) in [6.07, 6.45) is 5.79. The van der Waals surface area contributed by atoms with Crippen molar-refractivity contribution in [1.29, 1.82) is 0 Å². The van der Waals surface area contributed by atoms with Crippen molar-refractivity contribution in [3.8, 4) is 5.75 Å². The summed E-state index contributed by atoms with van der Waals surface area (Å²) >= 11 is 5.80. The van der Waals surface area contributed by atoms with E-state index in [2.05, 4.69) is 6.92 Å². The zero-order chi connectivity index (χ0) is 17.8. The summed E-state index contributed by atoms with van der Waals surface area (Å²) < 4.78 is 19.7. The first kappa shape index (κ1) is 17.9. The van der Waals surface area contributed by atoms with Crippen molar-refractivity contribution in [3.63, 3.8) is 0 Å². The standard InChI is InChI=1S/C21H22ClFO2/c1-2-14-3-5-15(6-4-14)16-7-12-19(20(23)13-16)21(24)25-18-10-8-17(22)9-11-18/h7-15H,2-6H2,1H3. The molecular weight excluding hydrogens is 339 g/mol. The Morgan fingerprint density at radius 3 is 2.40 bits per heavy atom.